The van der Waals surface area contributed by atoms with Gasteiger partial charge in [-0.3, -0.25) is 0 Å². The van der Waals surface area contributed by atoms with Crippen molar-refractivity contribution < 1.29 is 0 Å². The molecule has 0 atom stereocenters. The van der Waals surface area contributed by atoms with Crippen LogP contribution in [-0.2, 0) is 5.41 Å². The number of nitrogens with zero attached hydrogens (tertiary/aromatic N) is 1. The molecule has 86 valence electrons. The van der Waals surface area contributed by atoms with Crippen LogP contribution in [0, 0.1) is 5.92 Å². The van der Waals surface area contributed by atoms with E-state index in [0.717, 1.165) is 11.5 Å². The highest BCUT2D eigenvalue weighted by atomic mass is 14.9. The first kappa shape index (κ1) is 11.2. The molecule has 1 aliphatic rings. The summed E-state index contributed by atoms with van der Waals surface area (Å²) in [6.07, 6.45) is 2.41. The molecule has 2 heteroatoms. The van der Waals surface area contributed by atoms with Crippen LogP contribution in [0.1, 0.15) is 39.2 Å². The fourth-order valence-electron chi connectivity index (χ4n) is 1.66. The maximum Gasteiger partial charge on any atom is 0.103 e. The zero-order chi connectivity index (χ0) is 11.8. The van der Waals surface area contributed by atoms with Crippen LogP contribution in [-0.4, -0.2) is 5.84 Å². The topological polar surface area (TPSA) is 38.4 Å². The second-order valence-electron chi connectivity index (χ2n) is 5.61. The van der Waals surface area contributed by atoms with Crippen molar-refractivity contribution in [2.75, 3.05) is 0 Å². The maximum absolute atomic E-state index is 5.88. The van der Waals surface area contributed by atoms with Crippen LogP contribution in [0.15, 0.2) is 29.3 Å². The van der Waals surface area contributed by atoms with E-state index in [1.807, 2.05) is 0 Å². The van der Waals surface area contributed by atoms with Crippen molar-refractivity contribution in [2.45, 2.75) is 39.0 Å². The highest BCUT2D eigenvalue weighted by Gasteiger charge is 2.25. The summed E-state index contributed by atoms with van der Waals surface area (Å²) < 4.78 is 0. The molecule has 0 bridgehead atoms. The Balaban J connectivity index is 2.16. The average molecular weight is 216 g/mol. The predicted octanol–water partition coefficient (Wildman–Crippen LogP) is 3.38. The molecule has 1 saturated carbocycles. The van der Waals surface area contributed by atoms with E-state index < -0.39 is 0 Å². The minimum atomic E-state index is 0.199. The van der Waals surface area contributed by atoms with E-state index in [9.17, 15) is 0 Å². The maximum atomic E-state index is 5.88. The van der Waals surface area contributed by atoms with Crippen LogP contribution in [0.2, 0.25) is 0 Å². The van der Waals surface area contributed by atoms with E-state index in [1.54, 1.807) is 0 Å². The Labute approximate surface area is 97.6 Å². The molecule has 0 aromatic heterocycles. The Bertz CT molecular complexity index is 392. The van der Waals surface area contributed by atoms with Gasteiger partial charge >= 0.3 is 0 Å². The van der Waals surface area contributed by atoms with Crippen molar-refractivity contribution in [3.05, 3.63) is 29.8 Å². The van der Waals surface area contributed by atoms with Gasteiger partial charge in [0, 0.05) is 5.92 Å². The SMILES string of the molecule is CC(C)(C)c1ccc(N=C(N)C2CC2)cc1. The predicted molar refractivity (Wildman–Crippen MR) is 69.1 cm³/mol. The van der Waals surface area contributed by atoms with Crippen LogP contribution in [0.5, 0.6) is 0 Å². The van der Waals surface area contributed by atoms with Gasteiger partial charge in [-0.15, -0.1) is 0 Å². The van der Waals surface area contributed by atoms with Gasteiger partial charge in [-0.1, -0.05) is 32.9 Å². The van der Waals surface area contributed by atoms with E-state index in [0.29, 0.717) is 5.92 Å². The number of benzene rings is 1. The monoisotopic (exact) mass is 216 g/mol. The molecule has 1 aromatic rings. The molecule has 0 spiro atoms. The summed E-state index contributed by atoms with van der Waals surface area (Å²) in [5.41, 5.74) is 8.38. The summed E-state index contributed by atoms with van der Waals surface area (Å²) in [5, 5.41) is 0. The lowest BCUT2D eigenvalue weighted by molar-refractivity contribution is 0.590. The fraction of sp³-hybridized carbons (Fsp3) is 0.500. The minimum Gasteiger partial charge on any atom is -0.387 e. The van der Waals surface area contributed by atoms with Crippen molar-refractivity contribution in [1.82, 2.24) is 0 Å². The molecule has 1 fully saturated rings. The molecule has 0 radical (unpaired) electrons. The highest BCUT2D eigenvalue weighted by Crippen LogP contribution is 2.30. The summed E-state index contributed by atoms with van der Waals surface area (Å²) in [5.74, 6) is 1.34. The third-order valence-electron chi connectivity index (χ3n) is 2.99. The summed E-state index contributed by atoms with van der Waals surface area (Å²) >= 11 is 0. The van der Waals surface area contributed by atoms with Gasteiger partial charge in [0.1, 0.15) is 5.84 Å². The normalized spacial score (nSPS) is 17.6. The van der Waals surface area contributed by atoms with Crippen LogP contribution in [0.3, 0.4) is 0 Å². The summed E-state index contributed by atoms with van der Waals surface area (Å²) in [6, 6.07) is 8.38. The van der Waals surface area contributed by atoms with Crippen molar-refractivity contribution in [1.29, 1.82) is 0 Å². The number of nitrogens with two attached hydrogens (primary N) is 1. The minimum absolute atomic E-state index is 0.199. The third-order valence-corrected chi connectivity index (χ3v) is 2.99. The van der Waals surface area contributed by atoms with E-state index in [2.05, 4.69) is 50.0 Å². The molecule has 0 unspecified atom stereocenters. The van der Waals surface area contributed by atoms with Crippen molar-refractivity contribution in [3.63, 3.8) is 0 Å². The lowest BCUT2D eigenvalue weighted by Crippen LogP contribution is -2.13. The molecule has 1 aliphatic carbocycles. The first-order valence-corrected chi connectivity index (χ1v) is 5.91. The molecular weight excluding hydrogens is 196 g/mol. The van der Waals surface area contributed by atoms with Gasteiger partial charge in [0.15, 0.2) is 0 Å². The first-order chi connectivity index (χ1) is 7.47. The lowest BCUT2D eigenvalue weighted by atomic mass is 9.87. The molecule has 0 heterocycles. The molecule has 2 nitrogen and oxygen atoms in total. The van der Waals surface area contributed by atoms with Crippen LogP contribution >= 0.6 is 0 Å². The molecule has 0 amide bonds. The molecule has 1 aromatic carbocycles. The van der Waals surface area contributed by atoms with E-state index in [1.165, 1.54) is 18.4 Å². The van der Waals surface area contributed by atoms with E-state index >= 15 is 0 Å². The quantitative estimate of drug-likeness (QED) is 0.597. The summed E-state index contributed by atoms with van der Waals surface area (Å²) in [7, 11) is 0. The number of hydrogen-bond donors (Lipinski definition) is 1. The van der Waals surface area contributed by atoms with Crippen molar-refractivity contribution in [2.24, 2.45) is 16.6 Å². The number of rotatable bonds is 2. The summed E-state index contributed by atoms with van der Waals surface area (Å²) in [6.45, 7) is 6.64. The smallest absolute Gasteiger partial charge is 0.103 e. The summed E-state index contributed by atoms with van der Waals surface area (Å²) in [4.78, 5) is 4.44. The lowest BCUT2D eigenvalue weighted by Gasteiger charge is -2.18. The second kappa shape index (κ2) is 3.93. The van der Waals surface area contributed by atoms with Gasteiger partial charge in [-0.05, 0) is 36.0 Å². The molecule has 0 aliphatic heterocycles. The molecule has 2 rings (SSSR count). The van der Waals surface area contributed by atoms with Crippen LogP contribution in [0.25, 0.3) is 0 Å². The van der Waals surface area contributed by atoms with Gasteiger partial charge in [-0.2, -0.15) is 0 Å². The highest BCUT2D eigenvalue weighted by molar-refractivity contribution is 5.87. The molecular formula is C14H20N2. The van der Waals surface area contributed by atoms with E-state index in [-0.39, 0.29) is 5.41 Å². The first-order valence-electron chi connectivity index (χ1n) is 5.91. The fourth-order valence-corrected chi connectivity index (χ4v) is 1.66. The van der Waals surface area contributed by atoms with Gasteiger partial charge < -0.3 is 5.73 Å². The van der Waals surface area contributed by atoms with Gasteiger partial charge in [0.05, 0.1) is 5.69 Å². The Morgan fingerprint density at radius 1 is 1.19 bits per heavy atom. The Hall–Kier alpha value is -1.31. The van der Waals surface area contributed by atoms with Crippen molar-refractivity contribution in [3.8, 4) is 0 Å². The Morgan fingerprint density at radius 2 is 1.75 bits per heavy atom. The molecule has 16 heavy (non-hydrogen) atoms. The number of hydrogen-bond acceptors (Lipinski definition) is 1. The largest absolute Gasteiger partial charge is 0.387 e. The van der Waals surface area contributed by atoms with Crippen LogP contribution < -0.4 is 5.73 Å². The second-order valence-corrected chi connectivity index (χ2v) is 5.61. The average Bonchev–Trinajstić information content (AvgIpc) is 3.00. The number of aliphatic imine (C=N–C) groups is 1. The van der Waals surface area contributed by atoms with Gasteiger partial charge in [-0.25, -0.2) is 4.99 Å². The molecule has 0 saturated heterocycles. The standard InChI is InChI=1S/C14H20N2/c1-14(2,3)11-6-8-12(9-7-11)16-13(15)10-4-5-10/h6-10H,4-5H2,1-3H3,(H2,15,16). The van der Waals surface area contributed by atoms with Crippen molar-refractivity contribution >= 4 is 11.5 Å². The Kier molecular flexibility index (Phi) is 2.75. The zero-order valence-electron chi connectivity index (χ0n) is 10.3. The van der Waals surface area contributed by atoms with E-state index in [4.69, 9.17) is 5.73 Å². The molecule has 2 N–H and O–H groups in total. The zero-order valence-corrected chi connectivity index (χ0v) is 10.3. The van der Waals surface area contributed by atoms with Gasteiger partial charge in [0.2, 0.25) is 0 Å². The van der Waals surface area contributed by atoms with Gasteiger partial charge in [0.25, 0.3) is 0 Å². The number of amidine groups is 1. The third kappa shape index (κ3) is 2.63. The van der Waals surface area contributed by atoms with Crippen LogP contribution in [0.4, 0.5) is 5.69 Å². The Morgan fingerprint density at radius 3 is 2.19 bits per heavy atom.